The van der Waals surface area contributed by atoms with Gasteiger partial charge in [-0.1, -0.05) is 6.07 Å². The second-order valence-electron chi connectivity index (χ2n) is 4.12. The molecule has 0 unspecified atom stereocenters. The highest BCUT2D eigenvalue weighted by Gasteiger charge is 2.20. The molecular formula is C12H21N3O. The van der Waals surface area contributed by atoms with Crippen LogP contribution >= 0.6 is 0 Å². The molecule has 2 atom stereocenters. The maximum atomic E-state index is 5.06. The number of ether oxygens (including phenoxy) is 1. The molecule has 0 fully saturated rings. The van der Waals surface area contributed by atoms with Crippen molar-refractivity contribution in [1.82, 2.24) is 15.2 Å². The Balaban J connectivity index is 2.92. The molecule has 4 nitrogen and oxygen atoms in total. The minimum Gasteiger partial charge on any atom is -0.481 e. The summed E-state index contributed by atoms with van der Waals surface area (Å²) in [5.41, 5.74) is 1.19. The lowest BCUT2D eigenvalue weighted by Crippen LogP contribution is -2.37. The first-order valence-corrected chi connectivity index (χ1v) is 5.43. The lowest BCUT2D eigenvalue weighted by Gasteiger charge is -2.30. The van der Waals surface area contributed by atoms with Crippen molar-refractivity contribution < 1.29 is 4.74 Å². The molecule has 1 aromatic heterocycles. The summed E-state index contributed by atoms with van der Waals surface area (Å²) in [7, 11) is 7.74. The molecule has 0 aliphatic heterocycles. The predicted molar refractivity (Wildman–Crippen MR) is 65.7 cm³/mol. The molecule has 0 saturated heterocycles. The van der Waals surface area contributed by atoms with Crippen LogP contribution in [0.3, 0.4) is 0 Å². The van der Waals surface area contributed by atoms with E-state index >= 15 is 0 Å². The van der Waals surface area contributed by atoms with Gasteiger partial charge in [0.25, 0.3) is 0 Å². The molecule has 0 bridgehead atoms. The van der Waals surface area contributed by atoms with Crippen molar-refractivity contribution >= 4 is 0 Å². The number of methoxy groups -OCH3 is 1. The fraction of sp³-hybridized carbons (Fsp3) is 0.583. The third-order valence-electron chi connectivity index (χ3n) is 2.80. The number of hydrogen-bond acceptors (Lipinski definition) is 4. The zero-order valence-corrected chi connectivity index (χ0v) is 10.7. The number of nitrogens with zero attached hydrogens (tertiary/aromatic N) is 2. The fourth-order valence-corrected chi connectivity index (χ4v) is 1.88. The fourth-order valence-electron chi connectivity index (χ4n) is 1.88. The highest BCUT2D eigenvalue weighted by Crippen LogP contribution is 2.22. The molecule has 0 aliphatic carbocycles. The Bertz CT molecular complexity index is 311. The number of likely N-dealkylation sites (N-methyl/N-ethyl adjacent to an activating group) is 2. The first-order chi connectivity index (χ1) is 7.60. The van der Waals surface area contributed by atoms with E-state index in [-0.39, 0.29) is 0 Å². The van der Waals surface area contributed by atoms with Gasteiger partial charge in [0.1, 0.15) is 0 Å². The van der Waals surface area contributed by atoms with E-state index in [4.69, 9.17) is 4.74 Å². The highest BCUT2D eigenvalue weighted by molar-refractivity contribution is 5.22. The Morgan fingerprint density at radius 3 is 2.44 bits per heavy atom. The molecule has 0 saturated carbocycles. The second-order valence-corrected chi connectivity index (χ2v) is 4.12. The van der Waals surface area contributed by atoms with Crippen LogP contribution in [0.15, 0.2) is 18.3 Å². The molecule has 0 amide bonds. The van der Waals surface area contributed by atoms with Crippen LogP contribution in [0.5, 0.6) is 5.88 Å². The summed E-state index contributed by atoms with van der Waals surface area (Å²) in [6, 6.07) is 4.63. The van der Waals surface area contributed by atoms with Crippen LogP contribution in [0.1, 0.15) is 18.5 Å². The molecular weight excluding hydrogens is 202 g/mol. The summed E-state index contributed by atoms with van der Waals surface area (Å²) >= 11 is 0. The summed E-state index contributed by atoms with van der Waals surface area (Å²) in [5.74, 6) is 0.651. The number of hydrogen-bond donors (Lipinski definition) is 1. The van der Waals surface area contributed by atoms with E-state index in [0.29, 0.717) is 18.0 Å². The lowest BCUT2D eigenvalue weighted by atomic mass is 10.0. The Kier molecular flexibility index (Phi) is 4.71. The quantitative estimate of drug-likeness (QED) is 0.816. The van der Waals surface area contributed by atoms with Gasteiger partial charge in [-0.3, -0.25) is 0 Å². The normalized spacial score (nSPS) is 14.9. The lowest BCUT2D eigenvalue weighted by molar-refractivity contribution is 0.246. The number of nitrogens with one attached hydrogen (secondary N) is 1. The van der Waals surface area contributed by atoms with Crippen LogP contribution in [0.2, 0.25) is 0 Å². The summed E-state index contributed by atoms with van der Waals surface area (Å²) in [6.45, 7) is 2.16. The average Bonchev–Trinajstić information content (AvgIpc) is 2.29. The largest absolute Gasteiger partial charge is 0.481 e. The van der Waals surface area contributed by atoms with Crippen molar-refractivity contribution in [2.45, 2.75) is 19.0 Å². The third kappa shape index (κ3) is 2.93. The number of aromatic nitrogens is 1. The average molecular weight is 223 g/mol. The van der Waals surface area contributed by atoms with Crippen molar-refractivity contribution in [3.05, 3.63) is 23.9 Å². The molecule has 1 aromatic rings. The molecule has 90 valence electrons. The SMILES string of the molecule is CN[C@@H](C)[C@H](c1ccc(OC)nc1)N(C)C. The van der Waals surface area contributed by atoms with Gasteiger partial charge in [-0.15, -0.1) is 0 Å². The first kappa shape index (κ1) is 12.9. The molecule has 1 N–H and O–H groups in total. The smallest absolute Gasteiger partial charge is 0.212 e. The molecule has 0 aromatic carbocycles. The van der Waals surface area contributed by atoms with Crippen LogP contribution in [0, 0.1) is 0 Å². The summed E-state index contributed by atoms with van der Waals surface area (Å²) in [6.07, 6.45) is 1.87. The Morgan fingerprint density at radius 1 is 1.38 bits per heavy atom. The maximum absolute atomic E-state index is 5.06. The van der Waals surface area contributed by atoms with Gasteiger partial charge in [0.05, 0.1) is 13.2 Å². The van der Waals surface area contributed by atoms with E-state index in [1.807, 2.05) is 19.3 Å². The van der Waals surface area contributed by atoms with Crippen LogP contribution in [0.25, 0.3) is 0 Å². The van der Waals surface area contributed by atoms with E-state index in [2.05, 4.69) is 42.3 Å². The molecule has 0 spiro atoms. The minimum absolute atomic E-state index is 0.309. The van der Waals surface area contributed by atoms with E-state index in [0.717, 1.165) is 0 Å². The Labute approximate surface area is 97.6 Å². The van der Waals surface area contributed by atoms with Crippen LogP contribution in [0.4, 0.5) is 0 Å². The van der Waals surface area contributed by atoms with E-state index in [1.165, 1.54) is 5.56 Å². The third-order valence-corrected chi connectivity index (χ3v) is 2.80. The molecule has 4 heteroatoms. The molecule has 16 heavy (non-hydrogen) atoms. The summed E-state index contributed by atoms with van der Waals surface area (Å²) < 4.78 is 5.06. The van der Waals surface area contributed by atoms with Crippen LogP contribution in [-0.4, -0.2) is 44.2 Å². The van der Waals surface area contributed by atoms with Gasteiger partial charge in [-0.2, -0.15) is 0 Å². The summed E-state index contributed by atoms with van der Waals surface area (Å²) in [5, 5.41) is 3.27. The van der Waals surface area contributed by atoms with Gasteiger partial charge in [-0.05, 0) is 33.6 Å². The molecule has 0 aliphatic rings. The van der Waals surface area contributed by atoms with Crippen molar-refractivity contribution in [3.63, 3.8) is 0 Å². The van der Waals surface area contributed by atoms with Gasteiger partial charge in [0, 0.05) is 18.3 Å². The Hall–Kier alpha value is -1.13. The zero-order valence-electron chi connectivity index (χ0n) is 10.7. The van der Waals surface area contributed by atoms with Gasteiger partial charge >= 0.3 is 0 Å². The van der Waals surface area contributed by atoms with E-state index in [1.54, 1.807) is 7.11 Å². The van der Waals surface area contributed by atoms with Gasteiger partial charge in [-0.25, -0.2) is 4.98 Å². The van der Waals surface area contributed by atoms with Crippen molar-refractivity contribution in [1.29, 1.82) is 0 Å². The number of pyridine rings is 1. The monoisotopic (exact) mass is 223 g/mol. The van der Waals surface area contributed by atoms with Gasteiger partial charge < -0.3 is 15.0 Å². The zero-order chi connectivity index (χ0) is 12.1. The van der Waals surface area contributed by atoms with Crippen molar-refractivity contribution in [2.24, 2.45) is 0 Å². The standard InChI is InChI=1S/C12H21N3O/c1-9(13-2)12(15(3)4)10-6-7-11(16-5)14-8-10/h6-9,12-13H,1-5H3/t9-,12+/m0/s1. The Morgan fingerprint density at radius 2 is 2.06 bits per heavy atom. The van der Waals surface area contributed by atoms with Crippen LogP contribution < -0.4 is 10.1 Å². The van der Waals surface area contributed by atoms with Gasteiger partial charge in [0.2, 0.25) is 5.88 Å². The van der Waals surface area contributed by atoms with Crippen LogP contribution in [-0.2, 0) is 0 Å². The topological polar surface area (TPSA) is 37.4 Å². The second kappa shape index (κ2) is 5.82. The number of rotatable bonds is 5. The highest BCUT2D eigenvalue weighted by atomic mass is 16.5. The van der Waals surface area contributed by atoms with E-state index < -0.39 is 0 Å². The predicted octanol–water partition coefficient (Wildman–Crippen LogP) is 1.30. The maximum Gasteiger partial charge on any atom is 0.212 e. The van der Waals surface area contributed by atoms with Gasteiger partial charge in [0.15, 0.2) is 0 Å². The molecule has 1 rings (SSSR count). The molecule has 0 radical (unpaired) electrons. The van der Waals surface area contributed by atoms with E-state index in [9.17, 15) is 0 Å². The molecule has 1 heterocycles. The van der Waals surface area contributed by atoms with Crippen molar-refractivity contribution in [3.8, 4) is 5.88 Å². The summed E-state index contributed by atoms with van der Waals surface area (Å²) in [4.78, 5) is 6.43. The van der Waals surface area contributed by atoms with Crippen molar-refractivity contribution in [2.75, 3.05) is 28.3 Å². The minimum atomic E-state index is 0.309. The first-order valence-electron chi connectivity index (χ1n) is 5.43.